The molecule has 27 heavy (non-hydrogen) atoms. The van der Waals surface area contributed by atoms with Gasteiger partial charge in [-0.05, 0) is 66.3 Å². The molecule has 3 aromatic rings. The van der Waals surface area contributed by atoms with Gasteiger partial charge in [0.2, 0.25) is 5.69 Å². The molecule has 1 nitrogen and oxygen atoms in total. The third-order valence-electron chi connectivity index (χ3n) is 4.42. The molecule has 0 spiro atoms. The molecule has 1 heterocycles. The summed E-state index contributed by atoms with van der Waals surface area (Å²) in [5.41, 5.74) is 1.47. The van der Waals surface area contributed by atoms with E-state index in [1.54, 1.807) is 38.5 Å². The van der Waals surface area contributed by atoms with Crippen LogP contribution >= 0.6 is 0 Å². The largest absolute Gasteiger partial charge is 0.213 e. The van der Waals surface area contributed by atoms with E-state index >= 15 is 0 Å². The molecule has 2 aromatic carbocycles. The van der Waals surface area contributed by atoms with Crippen LogP contribution in [0.25, 0.3) is 22.4 Å². The van der Waals surface area contributed by atoms with Gasteiger partial charge in [-0.1, -0.05) is 57.1 Å². The minimum Gasteiger partial charge on any atom is -0.201 e. The first-order chi connectivity index (χ1) is 16.3. The van der Waals surface area contributed by atoms with Crippen LogP contribution in [0.3, 0.4) is 0 Å². The molecular formula is C26H32N+. The summed E-state index contributed by atoms with van der Waals surface area (Å²) in [6, 6.07) is 11.6. The van der Waals surface area contributed by atoms with Crippen molar-refractivity contribution in [3.63, 3.8) is 0 Å². The quantitative estimate of drug-likeness (QED) is 0.474. The zero-order valence-electron chi connectivity index (χ0n) is 25.6. The van der Waals surface area contributed by atoms with Crippen LogP contribution in [0.15, 0.2) is 54.7 Å². The summed E-state index contributed by atoms with van der Waals surface area (Å²) in [6.45, 7) is 1.77. The summed E-state index contributed by atoms with van der Waals surface area (Å²) in [6.07, 6.45) is -0.460. The molecule has 1 heteroatoms. The van der Waals surface area contributed by atoms with Gasteiger partial charge in [-0.2, -0.15) is 0 Å². The number of hydrogen-bond acceptors (Lipinski definition) is 0. The average molecular weight is 368 g/mol. The number of pyridine rings is 1. The Hall–Kier alpha value is -2.41. The Kier molecular flexibility index (Phi) is 2.92. The Morgan fingerprint density at radius 3 is 2.37 bits per heavy atom. The van der Waals surface area contributed by atoms with Gasteiger partial charge in [-0.25, -0.2) is 4.57 Å². The van der Waals surface area contributed by atoms with Gasteiger partial charge in [0.25, 0.3) is 0 Å². The van der Waals surface area contributed by atoms with E-state index in [1.165, 1.54) is 18.3 Å². The maximum Gasteiger partial charge on any atom is 0.213 e. The van der Waals surface area contributed by atoms with Crippen molar-refractivity contribution in [2.24, 2.45) is 12.5 Å². The van der Waals surface area contributed by atoms with E-state index in [9.17, 15) is 0 Å². The van der Waals surface area contributed by atoms with Crippen molar-refractivity contribution in [3.8, 4) is 22.4 Å². The maximum atomic E-state index is 8.82. The Morgan fingerprint density at radius 2 is 1.70 bits per heavy atom. The van der Waals surface area contributed by atoms with Crippen LogP contribution in [0, 0.1) is 26.0 Å². The Balaban J connectivity index is 2.48. The van der Waals surface area contributed by atoms with Crippen LogP contribution in [-0.4, -0.2) is 0 Å². The molecule has 0 amide bonds. The summed E-state index contributed by atoms with van der Waals surface area (Å²) in [5.74, 6) is 0. The zero-order chi connectivity index (χ0) is 27.4. The second-order valence-electron chi connectivity index (χ2n) is 7.96. The van der Waals surface area contributed by atoms with E-state index in [4.69, 9.17) is 12.3 Å². The van der Waals surface area contributed by atoms with Gasteiger partial charge >= 0.3 is 0 Å². The Bertz CT molecular complexity index is 1300. The summed E-state index contributed by atoms with van der Waals surface area (Å²) in [7, 11) is 1.73. The van der Waals surface area contributed by atoms with Crippen LogP contribution in [0.4, 0.5) is 0 Å². The first-order valence-electron chi connectivity index (χ1n) is 13.5. The van der Waals surface area contributed by atoms with Crippen molar-refractivity contribution in [2.75, 3.05) is 0 Å². The normalized spacial score (nSPS) is 18.0. The highest BCUT2D eigenvalue weighted by Crippen LogP contribution is 2.32. The fraction of sp³-hybridized carbons (Fsp3) is 0.346. The van der Waals surface area contributed by atoms with Gasteiger partial charge < -0.3 is 0 Å². The first-order valence-corrected chi connectivity index (χ1v) is 9.03. The summed E-state index contributed by atoms with van der Waals surface area (Å²) in [4.78, 5) is 0. The molecule has 0 atom stereocenters. The molecule has 140 valence electrons. The zero-order valence-corrected chi connectivity index (χ0v) is 16.6. The maximum absolute atomic E-state index is 8.82. The van der Waals surface area contributed by atoms with Gasteiger partial charge in [0.15, 0.2) is 6.20 Å². The number of aromatic nitrogens is 1. The van der Waals surface area contributed by atoms with E-state index in [-0.39, 0.29) is 33.9 Å². The molecule has 0 saturated carbocycles. The molecule has 0 fully saturated rings. The van der Waals surface area contributed by atoms with E-state index in [0.717, 1.165) is 11.1 Å². The fourth-order valence-electron chi connectivity index (χ4n) is 3.21. The molecule has 0 N–H and O–H groups in total. The van der Waals surface area contributed by atoms with Gasteiger partial charge in [-0.15, -0.1) is 0 Å². The second-order valence-corrected chi connectivity index (χ2v) is 7.96. The average Bonchev–Trinajstić information content (AvgIpc) is 2.71. The highest BCUT2D eigenvalue weighted by molar-refractivity contribution is 5.74. The second kappa shape index (κ2) is 7.31. The van der Waals surface area contributed by atoms with Crippen molar-refractivity contribution in [2.45, 2.75) is 47.8 Å². The van der Waals surface area contributed by atoms with Crippen molar-refractivity contribution >= 4 is 0 Å². The third kappa shape index (κ3) is 4.30. The molecule has 1 aromatic heterocycles. The number of benzene rings is 2. The third-order valence-corrected chi connectivity index (χ3v) is 4.42. The smallest absolute Gasteiger partial charge is 0.201 e. The Labute approximate surface area is 177 Å². The van der Waals surface area contributed by atoms with Crippen LogP contribution in [0.2, 0.25) is 0 Å². The minimum atomic E-state index is -2.71. The van der Waals surface area contributed by atoms with Gasteiger partial charge in [0.1, 0.15) is 7.05 Å². The van der Waals surface area contributed by atoms with Gasteiger partial charge in [0, 0.05) is 28.2 Å². The molecule has 0 unspecified atom stereocenters. The van der Waals surface area contributed by atoms with Crippen LogP contribution < -0.4 is 4.57 Å². The molecule has 0 bridgehead atoms. The molecule has 0 radical (unpaired) electrons. The lowest BCUT2D eigenvalue weighted by atomic mass is 9.86. The molecule has 0 aliphatic rings. The van der Waals surface area contributed by atoms with E-state index in [1.807, 2.05) is 31.2 Å². The predicted molar refractivity (Wildman–Crippen MR) is 116 cm³/mol. The van der Waals surface area contributed by atoms with Crippen molar-refractivity contribution in [1.29, 1.82) is 0 Å². The predicted octanol–water partition coefficient (Wildman–Crippen LogP) is 6.36. The topological polar surface area (TPSA) is 3.88 Å². The standard InChI is InChI=1S/C26H32N/c1-18-10-8-9-11-23(18)25-15-24(20(3)17-27(25)7)22-13-12-21(14-19(22)2)16-26(4,5)6/h8-15,17H,16H2,1-7H3/q+1/i2D3,3D3,13D,16D2. The number of aryl methyl sites for hydroxylation is 4. The van der Waals surface area contributed by atoms with Crippen LogP contribution in [0.1, 0.15) is 55.4 Å². The summed E-state index contributed by atoms with van der Waals surface area (Å²) >= 11 is 0. The minimum absolute atomic E-state index is 0.0231. The molecule has 0 aliphatic heterocycles. The van der Waals surface area contributed by atoms with Crippen molar-refractivity contribution < 1.29 is 16.9 Å². The number of nitrogens with zero attached hydrogens (tertiary/aromatic N) is 1. The SMILES string of the molecule is [2H]c1cc(C([2H])([2H])C(C)(C)C)cc(C([2H])([2H])[2H])c1-c1cc(-c2ccccc2C)[n+](C)cc1C([2H])([2H])[2H]. The van der Waals surface area contributed by atoms with Crippen LogP contribution in [0.5, 0.6) is 0 Å². The van der Waals surface area contributed by atoms with E-state index in [2.05, 4.69) is 0 Å². The first kappa shape index (κ1) is 10.8. The fourth-order valence-corrected chi connectivity index (χ4v) is 3.21. The highest BCUT2D eigenvalue weighted by atomic mass is 14.9. The van der Waals surface area contributed by atoms with Gasteiger partial charge in [0.05, 0.1) is 1.37 Å². The van der Waals surface area contributed by atoms with Crippen molar-refractivity contribution in [3.05, 3.63) is 77.0 Å². The van der Waals surface area contributed by atoms with E-state index < -0.39 is 25.5 Å². The lowest BCUT2D eigenvalue weighted by Crippen LogP contribution is -2.31. The lowest BCUT2D eigenvalue weighted by molar-refractivity contribution is -0.660. The number of hydrogen-bond donors (Lipinski definition) is 0. The number of rotatable bonds is 3. The van der Waals surface area contributed by atoms with Gasteiger partial charge in [-0.3, -0.25) is 0 Å². The summed E-state index contributed by atoms with van der Waals surface area (Å²) < 4.78 is 76.9. The molecular weight excluding hydrogens is 326 g/mol. The molecule has 0 saturated heterocycles. The molecule has 3 rings (SSSR count). The molecule has 0 aliphatic carbocycles. The van der Waals surface area contributed by atoms with Crippen LogP contribution in [-0.2, 0) is 13.4 Å². The lowest BCUT2D eigenvalue weighted by Gasteiger charge is -2.19. The van der Waals surface area contributed by atoms with E-state index in [0.29, 0.717) is 5.69 Å². The Morgan fingerprint density at radius 1 is 0.963 bits per heavy atom. The monoisotopic (exact) mass is 367 g/mol. The highest BCUT2D eigenvalue weighted by Gasteiger charge is 2.18. The van der Waals surface area contributed by atoms with Crippen molar-refractivity contribution in [1.82, 2.24) is 0 Å². The summed E-state index contributed by atoms with van der Waals surface area (Å²) in [5, 5.41) is 0.